The van der Waals surface area contributed by atoms with E-state index in [9.17, 15) is 0 Å². The topological polar surface area (TPSA) is 111 Å². The third-order valence-corrected chi connectivity index (χ3v) is 1.59. The van der Waals surface area contributed by atoms with Gasteiger partial charge in [0.05, 0.1) is 14.2 Å². The molecule has 102 valence electrons. The Hall–Kier alpha value is -1.80. The van der Waals surface area contributed by atoms with E-state index in [1.165, 1.54) is 38.5 Å². The Labute approximate surface area is 116 Å². The summed E-state index contributed by atoms with van der Waals surface area (Å²) in [5, 5.41) is 17.5. The maximum Gasteiger partial charge on any atom is 0.253 e. The minimum absolute atomic E-state index is 0.0880. The number of phenolic OH excluding ortho intramolecular Hbond substituents is 2. The lowest BCUT2D eigenvalue weighted by Crippen LogP contribution is -2.08. The van der Waals surface area contributed by atoms with Crippen LogP contribution < -0.4 is 11.5 Å². The van der Waals surface area contributed by atoms with Gasteiger partial charge in [0.25, 0.3) is 10.3 Å². The van der Waals surface area contributed by atoms with Gasteiger partial charge in [0.15, 0.2) is 0 Å². The molecule has 8 heteroatoms. The average Bonchev–Trinajstić information content (AvgIpc) is 2.34. The first-order valence-corrected chi connectivity index (χ1v) is 5.30. The number of benzene rings is 1. The highest BCUT2D eigenvalue weighted by molar-refractivity contribution is 7.80. The van der Waals surface area contributed by atoms with Crippen molar-refractivity contribution < 1.29 is 19.7 Å². The van der Waals surface area contributed by atoms with Crippen molar-refractivity contribution in [3.63, 3.8) is 0 Å². The smallest absolute Gasteiger partial charge is 0.253 e. The van der Waals surface area contributed by atoms with Crippen LogP contribution in [-0.2, 0) is 9.47 Å². The van der Waals surface area contributed by atoms with Crippen molar-refractivity contribution in [2.45, 2.75) is 0 Å². The summed E-state index contributed by atoms with van der Waals surface area (Å²) in [6, 6.07) is 5.70. The molecule has 0 radical (unpaired) electrons. The molecule has 1 rings (SSSR count). The Morgan fingerprint density at radius 2 is 1.06 bits per heavy atom. The summed E-state index contributed by atoms with van der Waals surface area (Å²) in [4.78, 5) is 0. The van der Waals surface area contributed by atoms with E-state index in [0.717, 1.165) is 0 Å². The van der Waals surface area contributed by atoms with Crippen molar-refractivity contribution in [3.8, 4) is 11.5 Å². The Morgan fingerprint density at radius 3 is 1.17 bits per heavy atom. The Bertz CT molecular complexity index is 322. The summed E-state index contributed by atoms with van der Waals surface area (Å²) >= 11 is 8.50. The van der Waals surface area contributed by atoms with Crippen molar-refractivity contribution in [3.05, 3.63) is 24.3 Å². The van der Waals surface area contributed by atoms with Crippen molar-refractivity contribution in [1.82, 2.24) is 0 Å². The molecule has 6 nitrogen and oxygen atoms in total. The van der Waals surface area contributed by atoms with Crippen molar-refractivity contribution in [2.75, 3.05) is 14.2 Å². The fraction of sp³-hybridized carbons (Fsp3) is 0.200. The van der Waals surface area contributed by atoms with Gasteiger partial charge in [-0.2, -0.15) is 0 Å². The summed E-state index contributed by atoms with van der Waals surface area (Å²) < 4.78 is 8.52. The van der Waals surface area contributed by atoms with Crippen molar-refractivity contribution >= 4 is 34.8 Å². The lowest BCUT2D eigenvalue weighted by molar-refractivity contribution is 0.408. The minimum Gasteiger partial charge on any atom is -0.508 e. The maximum atomic E-state index is 8.65. The molecule has 0 aliphatic carbocycles. The maximum absolute atomic E-state index is 8.65. The number of hydrogen-bond acceptors (Lipinski definition) is 6. The van der Waals surface area contributed by atoms with Crippen LogP contribution in [0.2, 0.25) is 0 Å². The predicted molar refractivity (Wildman–Crippen MR) is 77.4 cm³/mol. The molecule has 0 amide bonds. The Balaban J connectivity index is 0. The highest BCUT2D eigenvalue weighted by atomic mass is 32.1. The number of nitrogens with two attached hydrogens (primary N) is 2. The van der Waals surface area contributed by atoms with Gasteiger partial charge in [-0.1, -0.05) is 0 Å². The SMILES string of the molecule is COC(N)=S.COC(N)=S.Oc1ccc(O)cc1. The van der Waals surface area contributed by atoms with Crippen LogP contribution in [0, 0.1) is 0 Å². The normalized spacial score (nSPS) is 7.67. The molecule has 0 fully saturated rings. The van der Waals surface area contributed by atoms with Gasteiger partial charge in [0.1, 0.15) is 11.5 Å². The van der Waals surface area contributed by atoms with Gasteiger partial charge < -0.3 is 31.2 Å². The quantitative estimate of drug-likeness (QED) is 0.411. The summed E-state index contributed by atoms with van der Waals surface area (Å²) in [6.07, 6.45) is 0. The monoisotopic (exact) mass is 292 g/mol. The summed E-state index contributed by atoms with van der Waals surface area (Å²) in [7, 11) is 2.87. The molecule has 6 N–H and O–H groups in total. The van der Waals surface area contributed by atoms with Crippen LogP contribution >= 0.6 is 24.4 Å². The van der Waals surface area contributed by atoms with E-state index in [1.54, 1.807) is 0 Å². The fourth-order valence-corrected chi connectivity index (χ4v) is 0.453. The van der Waals surface area contributed by atoms with Crippen LogP contribution in [0.1, 0.15) is 0 Å². The molecular weight excluding hydrogens is 276 g/mol. The Morgan fingerprint density at radius 1 is 0.889 bits per heavy atom. The summed E-state index contributed by atoms with van der Waals surface area (Å²) in [5.41, 5.74) is 9.60. The Kier molecular flexibility index (Phi) is 12.0. The molecule has 0 bridgehead atoms. The van der Waals surface area contributed by atoms with E-state index in [0.29, 0.717) is 0 Å². The molecule has 18 heavy (non-hydrogen) atoms. The number of rotatable bonds is 0. The predicted octanol–water partition coefficient (Wildman–Crippen LogP) is 0.851. The average molecular weight is 292 g/mol. The highest BCUT2D eigenvalue weighted by Crippen LogP contribution is 2.13. The first-order chi connectivity index (χ1) is 8.33. The van der Waals surface area contributed by atoms with Crippen LogP contribution in [0.5, 0.6) is 11.5 Å². The molecule has 1 aromatic rings. The minimum atomic E-state index is 0.0880. The molecule has 0 aliphatic rings. The van der Waals surface area contributed by atoms with E-state index >= 15 is 0 Å². The molecular formula is C10H16N2O4S2. The summed E-state index contributed by atoms with van der Waals surface area (Å²) in [5.74, 6) is 0.339. The second-order valence-corrected chi connectivity index (χ2v) is 3.37. The zero-order chi connectivity index (χ0) is 14.6. The van der Waals surface area contributed by atoms with Crippen LogP contribution in [0.4, 0.5) is 0 Å². The molecule has 0 unspecified atom stereocenters. The fourth-order valence-electron chi connectivity index (χ4n) is 0.453. The van der Waals surface area contributed by atoms with Crippen LogP contribution in [0.3, 0.4) is 0 Å². The second-order valence-electron chi connectivity index (χ2n) is 2.56. The number of aromatic hydroxyl groups is 2. The van der Waals surface area contributed by atoms with E-state index < -0.39 is 0 Å². The number of hydrogen-bond donors (Lipinski definition) is 4. The lowest BCUT2D eigenvalue weighted by Gasteiger charge is -1.88. The van der Waals surface area contributed by atoms with E-state index in [4.69, 9.17) is 21.7 Å². The second kappa shape index (κ2) is 11.7. The number of methoxy groups -OCH3 is 2. The van der Waals surface area contributed by atoms with Gasteiger partial charge in [-0.05, 0) is 48.7 Å². The van der Waals surface area contributed by atoms with Crippen LogP contribution in [0.15, 0.2) is 24.3 Å². The van der Waals surface area contributed by atoms with Gasteiger partial charge >= 0.3 is 0 Å². The van der Waals surface area contributed by atoms with Gasteiger partial charge in [-0.3, -0.25) is 0 Å². The summed E-state index contributed by atoms with van der Waals surface area (Å²) in [6.45, 7) is 0. The van der Waals surface area contributed by atoms with Crippen molar-refractivity contribution in [2.24, 2.45) is 11.5 Å². The number of ether oxygens (including phenoxy) is 2. The molecule has 0 atom stereocenters. The van der Waals surface area contributed by atoms with E-state index in [-0.39, 0.29) is 21.8 Å². The van der Waals surface area contributed by atoms with Crippen LogP contribution in [-0.4, -0.2) is 34.8 Å². The van der Waals surface area contributed by atoms with Gasteiger partial charge in [-0.25, -0.2) is 0 Å². The molecule has 0 saturated heterocycles. The third kappa shape index (κ3) is 16.6. The zero-order valence-electron chi connectivity index (χ0n) is 9.99. The van der Waals surface area contributed by atoms with Gasteiger partial charge in [-0.15, -0.1) is 0 Å². The molecule has 0 aromatic heterocycles. The van der Waals surface area contributed by atoms with Crippen LogP contribution in [0.25, 0.3) is 0 Å². The molecule has 1 aromatic carbocycles. The largest absolute Gasteiger partial charge is 0.508 e. The molecule has 0 aliphatic heterocycles. The zero-order valence-corrected chi connectivity index (χ0v) is 11.6. The first kappa shape index (κ1) is 18.6. The van der Waals surface area contributed by atoms with Gasteiger partial charge in [0.2, 0.25) is 0 Å². The number of thiocarbonyl (C=S) groups is 2. The van der Waals surface area contributed by atoms with Crippen molar-refractivity contribution in [1.29, 1.82) is 0 Å². The molecule has 0 heterocycles. The van der Waals surface area contributed by atoms with E-state index in [1.807, 2.05) is 0 Å². The first-order valence-electron chi connectivity index (χ1n) is 4.48. The highest BCUT2D eigenvalue weighted by Gasteiger charge is 1.84. The third-order valence-electron chi connectivity index (χ3n) is 1.25. The number of phenols is 2. The van der Waals surface area contributed by atoms with E-state index in [2.05, 4.69) is 33.9 Å². The molecule has 0 saturated carbocycles. The molecule has 0 spiro atoms. The van der Waals surface area contributed by atoms with Gasteiger partial charge in [0, 0.05) is 0 Å². The standard InChI is InChI=1S/C6H6O2.2C2H5NOS/c7-5-1-2-6(8)4-3-5;2*1-4-2(3)5/h1-4,7-8H;2*1H3,(H2,3,5). The lowest BCUT2D eigenvalue weighted by atomic mass is 10.3.